The first-order valence-electron chi connectivity index (χ1n) is 9.69. The zero-order valence-corrected chi connectivity index (χ0v) is 17.8. The first-order chi connectivity index (χ1) is 13.2. The van der Waals surface area contributed by atoms with E-state index in [1.54, 1.807) is 0 Å². The second-order valence-electron chi connectivity index (χ2n) is 7.47. The van der Waals surface area contributed by atoms with Gasteiger partial charge in [0.15, 0.2) is 0 Å². The van der Waals surface area contributed by atoms with E-state index in [1.807, 2.05) is 13.8 Å². The minimum atomic E-state index is -3.56. The Morgan fingerprint density at radius 2 is 1.79 bits per heavy atom. The Labute approximate surface area is 167 Å². The van der Waals surface area contributed by atoms with E-state index in [4.69, 9.17) is 4.74 Å². The average Bonchev–Trinajstić information content (AvgIpc) is 2.71. The van der Waals surface area contributed by atoms with Gasteiger partial charge in [0.25, 0.3) is 5.91 Å². The van der Waals surface area contributed by atoms with Gasteiger partial charge in [0.2, 0.25) is 10.0 Å². The highest BCUT2D eigenvalue weighted by Gasteiger charge is 2.29. The summed E-state index contributed by atoms with van der Waals surface area (Å²) >= 11 is 0. The van der Waals surface area contributed by atoms with Crippen LogP contribution in [0.3, 0.4) is 0 Å². The lowest BCUT2D eigenvalue weighted by molar-refractivity contribution is -0.144. The van der Waals surface area contributed by atoms with Crippen LogP contribution in [0.5, 0.6) is 0 Å². The summed E-state index contributed by atoms with van der Waals surface area (Å²) < 4.78 is 31.8. The summed E-state index contributed by atoms with van der Waals surface area (Å²) in [5.74, 6) is -0.490. The van der Waals surface area contributed by atoms with Gasteiger partial charge in [-0.05, 0) is 48.9 Å². The molecule has 1 aliphatic rings. The molecule has 1 aliphatic heterocycles. The summed E-state index contributed by atoms with van der Waals surface area (Å²) in [4.78, 5) is 24.6. The Balaban J connectivity index is 2.12. The maximum atomic E-state index is 12.8. The molecule has 156 valence electrons. The third kappa shape index (κ3) is 5.11. The number of esters is 1. The summed E-state index contributed by atoms with van der Waals surface area (Å²) in [6.07, 6.45) is 2.40. The van der Waals surface area contributed by atoms with Gasteiger partial charge in [-0.15, -0.1) is 0 Å². The molecule has 1 aromatic rings. The monoisotopic (exact) mass is 410 g/mol. The predicted molar refractivity (Wildman–Crippen MR) is 106 cm³/mol. The fourth-order valence-electron chi connectivity index (χ4n) is 3.17. The summed E-state index contributed by atoms with van der Waals surface area (Å²) in [7, 11) is -2.28. The number of hydrogen-bond acceptors (Lipinski definition) is 5. The highest BCUT2D eigenvalue weighted by Crippen LogP contribution is 2.23. The van der Waals surface area contributed by atoms with Crippen LogP contribution in [-0.2, 0) is 19.6 Å². The molecule has 8 heteroatoms. The average molecular weight is 411 g/mol. The summed E-state index contributed by atoms with van der Waals surface area (Å²) in [5, 5.41) is 2.69. The van der Waals surface area contributed by atoms with Gasteiger partial charge in [-0.2, -0.15) is 4.31 Å². The molecule has 0 saturated carbocycles. The van der Waals surface area contributed by atoms with E-state index in [0.29, 0.717) is 31.0 Å². The zero-order chi connectivity index (χ0) is 20.9. The standard InChI is InChI=1S/C20H30N2O5S/c1-5-15(3)18(20(24)27-4)21-19(23)16-6-8-17(9-7-16)28(25,26)22-12-10-14(2)11-13-22/h6-9,14-15,18H,5,10-13H2,1-4H3,(H,21,23)/t15-,18-/m1/s1. The van der Waals surface area contributed by atoms with Crippen molar-refractivity contribution in [2.45, 2.75) is 51.0 Å². The summed E-state index contributed by atoms with van der Waals surface area (Å²) in [6.45, 7) is 6.94. The molecule has 1 heterocycles. The van der Waals surface area contributed by atoms with E-state index < -0.39 is 27.9 Å². The van der Waals surface area contributed by atoms with Crippen LogP contribution in [0.4, 0.5) is 0 Å². The van der Waals surface area contributed by atoms with Crippen molar-refractivity contribution in [1.29, 1.82) is 0 Å². The van der Waals surface area contributed by atoms with Crippen LogP contribution in [-0.4, -0.2) is 50.8 Å². The molecule has 0 radical (unpaired) electrons. The van der Waals surface area contributed by atoms with E-state index in [9.17, 15) is 18.0 Å². The quantitative estimate of drug-likeness (QED) is 0.697. The van der Waals surface area contributed by atoms with E-state index in [0.717, 1.165) is 12.8 Å². The molecule has 0 aliphatic carbocycles. The Morgan fingerprint density at radius 1 is 1.21 bits per heavy atom. The van der Waals surface area contributed by atoms with Crippen molar-refractivity contribution >= 4 is 21.9 Å². The normalized spacial score (nSPS) is 18.3. The van der Waals surface area contributed by atoms with Gasteiger partial charge in [-0.3, -0.25) is 4.79 Å². The number of nitrogens with one attached hydrogen (secondary N) is 1. The Kier molecular flexibility index (Phi) is 7.60. The van der Waals surface area contributed by atoms with Crippen LogP contribution in [0.2, 0.25) is 0 Å². The lowest BCUT2D eigenvalue weighted by Gasteiger charge is -2.29. The molecule has 7 nitrogen and oxygen atoms in total. The van der Waals surface area contributed by atoms with Gasteiger partial charge in [0.1, 0.15) is 6.04 Å². The molecular formula is C20H30N2O5S. The first kappa shape index (κ1) is 22.4. The molecule has 0 spiro atoms. The number of carbonyl (C=O) groups is 2. The fraction of sp³-hybridized carbons (Fsp3) is 0.600. The molecule has 1 N–H and O–H groups in total. The second-order valence-corrected chi connectivity index (χ2v) is 9.41. The van der Waals surface area contributed by atoms with Crippen molar-refractivity contribution in [3.05, 3.63) is 29.8 Å². The van der Waals surface area contributed by atoms with E-state index in [-0.39, 0.29) is 10.8 Å². The molecule has 0 bridgehead atoms. The zero-order valence-electron chi connectivity index (χ0n) is 17.0. The van der Waals surface area contributed by atoms with Crippen LogP contribution < -0.4 is 5.32 Å². The highest BCUT2D eigenvalue weighted by atomic mass is 32.2. The third-order valence-corrected chi connectivity index (χ3v) is 7.36. The van der Waals surface area contributed by atoms with Gasteiger partial charge in [-0.1, -0.05) is 27.2 Å². The van der Waals surface area contributed by atoms with E-state index in [2.05, 4.69) is 12.2 Å². The van der Waals surface area contributed by atoms with Crippen molar-refractivity contribution in [2.75, 3.05) is 20.2 Å². The van der Waals surface area contributed by atoms with Crippen molar-refractivity contribution < 1.29 is 22.7 Å². The van der Waals surface area contributed by atoms with Crippen LogP contribution in [0, 0.1) is 11.8 Å². The number of rotatable bonds is 7. The van der Waals surface area contributed by atoms with Crippen molar-refractivity contribution in [3.8, 4) is 0 Å². The van der Waals surface area contributed by atoms with Gasteiger partial charge in [-0.25, -0.2) is 13.2 Å². The Hall–Kier alpha value is -1.93. The maximum absolute atomic E-state index is 12.8. The maximum Gasteiger partial charge on any atom is 0.328 e. The number of carbonyl (C=O) groups excluding carboxylic acids is 2. The molecule has 1 amide bonds. The molecule has 1 fully saturated rings. The molecule has 28 heavy (non-hydrogen) atoms. The smallest absolute Gasteiger partial charge is 0.328 e. The third-order valence-electron chi connectivity index (χ3n) is 5.45. The molecule has 0 unspecified atom stereocenters. The molecule has 1 saturated heterocycles. The van der Waals surface area contributed by atoms with Gasteiger partial charge < -0.3 is 10.1 Å². The van der Waals surface area contributed by atoms with E-state index in [1.165, 1.54) is 35.7 Å². The fourth-order valence-corrected chi connectivity index (χ4v) is 4.64. The Bertz CT molecular complexity index is 783. The minimum absolute atomic E-state index is 0.0856. The minimum Gasteiger partial charge on any atom is -0.467 e. The molecular weight excluding hydrogens is 380 g/mol. The molecule has 2 atom stereocenters. The SMILES string of the molecule is CC[C@@H](C)[C@@H](NC(=O)c1ccc(S(=O)(=O)N2CCC(C)CC2)cc1)C(=O)OC. The van der Waals surface area contributed by atoms with Crippen molar-refractivity contribution in [1.82, 2.24) is 9.62 Å². The number of hydrogen-bond donors (Lipinski definition) is 1. The summed E-state index contributed by atoms with van der Waals surface area (Å²) in [6, 6.07) is 5.08. The summed E-state index contributed by atoms with van der Waals surface area (Å²) in [5.41, 5.74) is 0.295. The van der Waals surface area contributed by atoms with Crippen LogP contribution in [0.15, 0.2) is 29.2 Å². The van der Waals surface area contributed by atoms with E-state index >= 15 is 0 Å². The van der Waals surface area contributed by atoms with Gasteiger partial charge >= 0.3 is 5.97 Å². The van der Waals surface area contributed by atoms with Crippen molar-refractivity contribution in [2.24, 2.45) is 11.8 Å². The first-order valence-corrected chi connectivity index (χ1v) is 11.1. The molecule has 0 aromatic heterocycles. The largest absolute Gasteiger partial charge is 0.467 e. The van der Waals surface area contributed by atoms with Crippen LogP contribution in [0.1, 0.15) is 50.4 Å². The Morgan fingerprint density at radius 3 is 2.29 bits per heavy atom. The molecule has 2 rings (SSSR count). The second kappa shape index (κ2) is 9.52. The number of amides is 1. The number of methoxy groups -OCH3 is 1. The number of benzene rings is 1. The number of sulfonamides is 1. The number of piperidine rings is 1. The molecule has 1 aromatic carbocycles. The number of nitrogens with zero attached hydrogens (tertiary/aromatic N) is 1. The number of ether oxygens (including phenoxy) is 1. The lowest BCUT2D eigenvalue weighted by Crippen LogP contribution is -2.45. The lowest BCUT2D eigenvalue weighted by atomic mass is 9.99. The van der Waals surface area contributed by atoms with Crippen LogP contribution in [0.25, 0.3) is 0 Å². The van der Waals surface area contributed by atoms with Crippen molar-refractivity contribution in [3.63, 3.8) is 0 Å². The predicted octanol–water partition coefficient (Wildman–Crippen LogP) is 2.42. The van der Waals surface area contributed by atoms with Gasteiger partial charge in [0, 0.05) is 18.7 Å². The van der Waals surface area contributed by atoms with Gasteiger partial charge in [0.05, 0.1) is 12.0 Å². The highest BCUT2D eigenvalue weighted by molar-refractivity contribution is 7.89. The topological polar surface area (TPSA) is 92.8 Å². The van der Waals surface area contributed by atoms with Crippen LogP contribution >= 0.6 is 0 Å².